The fraction of sp³-hybridized carbons (Fsp3) is 0.391. The number of nitrogens with zero attached hydrogens (tertiary/aromatic N) is 3. The number of benzene rings is 2. The number of carbonyl (C=O) groups is 1. The van der Waals surface area contributed by atoms with Crippen LogP contribution >= 0.6 is 0 Å². The van der Waals surface area contributed by atoms with E-state index in [-0.39, 0.29) is 16.7 Å². The summed E-state index contributed by atoms with van der Waals surface area (Å²) in [4.78, 5) is 15.4. The van der Waals surface area contributed by atoms with Crippen molar-refractivity contribution >= 4 is 26.8 Å². The first-order valence-corrected chi connectivity index (χ1v) is 12.3. The predicted octanol–water partition coefficient (Wildman–Crippen LogP) is 2.94. The highest BCUT2D eigenvalue weighted by atomic mass is 32.2. The maximum absolute atomic E-state index is 13.2. The molecule has 1 saturated heterocycles. The molecule has 0 saturated carbocycles. The van der Waals surface area contributed by atoms with Gasteiger partial charge in [-0.05, 0) is 55.0 Å². The van der Waals surface area contributed by atoms with Crippen molar-refractivity contribution < 1.29 is 13.2 Å². The van der Waals surface area contributed by atoms with Crippen LogP contribution in [0.5, 0.6) is 0 Å². The van der Waals surface area contributed by atoms with E-state index in [1.807, 2.05) is 11.0 Å². The van der Waals surface area contributed by atoms with Crippen molar-refractivity contribution in [2.45, 2.75) is 37.1 Å². The molecule has 0 radical (unpaired) electrons. The van der Waals surface area contributed by atoms with Crippen LogP contribution in [0.15, 0.2) is 53.6 Å². The minimum absolute atomic E-state index is 0.118. The van der Waals surface area contributed by atoms with E-state index < -0.39 is 10.0 Å². The molecule has 0 atom stereocenters. The standard InChI is InChI=1S/C23H26N4O3S/c28-23(26-11-3-6-17-4-1-2-5-19(17)16-26)18-9-12-27(13-10-18)31(29,30)21-7-8-22-20(14-21)15-24-25-22/h1-2,4-5,7-8,14-15,18H,3,6,9-13,16H2,(H,24,25). The van der Waals surface area contributed by atoms with E-state index >= 15 is 0 Å². The number of carbonyl (C=O) groups excluding carboxylic acids is 1. The summed E-state index contributed by atoms with van der Waals surface area (Å²) < 4.78 is 27.7. The molecule has 0 spiro atoms. The third kappa shape index (κ3) is 3.85. The molecule has 1 fully saturated rings. The lowest BCUT2D eigenvalue weighted by Gasteiger charge is -2.33. The Morgan fingerprint density at radius 1 is 1.03 bits per heavy atom. The number of aryl methyl sites for hydroxylation is 1. The van der Waals surface area contributed by atoms with Gasteiger partial charge in [-0.2, -0.15) is 9.40 Å². The molecule has 162 valence electrons. The summed E-state index contributed by atoms with van der Waals surface area (Å²) in [7, 11) is -3.58. The summed E-state index contributed by atoms with van der Waals surface area (Å²) in [5, 5.41) is 7.56. The second-order valence-electron chi connectivity index (χ2n) is 8.43. The van der Waals surface area contributed by atoms with Gasteiger partial charge in [-0.1, -0.05) is 24.3 Å². The average molecular weight is 439 g/mol. The van der Waals surface area contributed by atoms with E-state index in [4.69, 9.17) is 0 Å². The van der Waals surface area contributed by atoms with E-state index in [0.29, 0.717) is 32.5 Å². The zero-order chi connectivity index (χ0) is 21.4. The zero-order valence-corrected chi connectivity index (χ0v) is 18.1. The Labute approximate surface area is 182 Å². The molecule has 2 aliphatic heterocycles. The maximum atomic E-state index is 13.2. The Morgan fingerprint density at radius 3 is 2.61 bits per heavy atom. The SMILES string of the molecule is O=C(C1CCN(S(=O)(=O)c2ccc3[nH]ncc3c2)CC1)N1CCCc2ccccc2C1. The van der Waals surface area contributed by atoms with Crippen LogP contribution < -0.4 is 0 Å². The van der Waals surface area contributed by atoms with Crippen molar-refractivity contribution in [2.75, 3.05) is 19.6 Å². The van der Waals surface area contributed by atoms with Crippen LogP contribution in [-0.4, -0.2) is 53.4 Å². The molecule has 31 heavy (non-hydrogen) atoms. The third-order valence-corrected chi connectivity index (χ3v) is 8.41. The van der Waals surface area contributed by atoms with Crippen LogP contribution in [0.3, 0.4) is 0 Å². The molecule has 3 heterocycles. The van der Waals surface area contributed by atoms with Gasteiger partial charge in [0.15, 0.2) is 0 Å². The molecule has 1 aromatic heterocycles. The highest BCUT2D eigenvalue weighted by Gasteiger charge is 2.34. The Morgan fingerprint density at radius 2 is 1.81 bits per heavy atom. The van der Waals surface area contributed by atoms with E-state index in [0.717, 1.165) is 30.3 Å². The maximum Gasteiger partial charge on any atom is 0.243 e. The predicted molar refractivity (Wildman–Crippen MR) is 118 cm³/mol. The Balaban J connectivity index is 1.26. The quantitative estimate of drug-likeness (QED) is 0.681. The summed E-state index contributed by atoms with van der Waals surface area (Å²) in [5.41, 5.74) is 3.36. The monoisotopic (exact) mass is 438 g/mol. The van der Waals surface area contributed by atoms with Gasteiger partial charge in [0.25, 0.3) is 0 Å². The number of amides is 1. The molecule has 5 rings (SSSR count). The zero-order valence-electron chi connectivity index (χ0n) is 17.3. The van der Waals surface area contributed by atoms with E-state index in [1.165, 1.54) is 15.4 Å². The molecule has 8 heteroatoms. The number of hydrogen-bond donors (Lipinski definition) is 1. The molecule has 2 aromatic carbocycles. The van der Waals surface area contributed by atoms with Gasteiger partial charge in [0.2, 0.25) is 15.9 Å². The number of aromatic amines is 1. The van der Waals surface area contributed by atoms with Gasteiger partial charge >= 0.3 is 0 Å². The Bertz CT molecular complexity index is 1210. The molecule has 1 amide bonds. The van der Waals surface area contributed by atoms with Crippen LogP contribution in [0.2, 0.25) is 0 Å². The Kier molecular flexibility index (Phi) is 5.27. The number of hydrogen-bond acceptors (Lipinski definition) is 4. The van der Waals surface area contributed by atoms with Crippen molar-refractivity contribution in [2.24, 2.45) is 5.92 Å². The van der Waals surface area contributed by atoms with Crippen LogP contribution in [0, 0.1) is 5.92 Å². The fourth-order valence-corrected chi connectivity index (χ4v) is 6.23. The molecular weight excluding hydrogens is 412 g/mol. The largest absolute Gasteiger partial charge is 0.338 e. The van der Waals surface area contributed by atoms with Crippen LogP contribution in [0.25, 0.3) is 10.9 Å². The smallest absolute Gasteiger partial charge is 0.243 e. The summed E-state index contributed by atoms with van der Waals surface area (Å²) in [6, 6.07) is 13.3. The molecule has 0 unspecified atom stereocenters. The first-order chi connectivity index (χ1) is 15.0. The topological polar surface area (TPSA) is 86.4 Å². The highest BCUT2D eigenvalue weighted by Crippen LogP contribution is 2.28. The lowest BCUT2D eigenvalue weighted by Crippen LogP contribution is -2.44. The number of sulfonamides is 1. The number of rotatable bonds is 3. The lowest BCUT2D eigenvalue weighted by molar-refractivity contribution is -0.137. The Hall–Kier alpha value is -2.71. The van der Waals surface area contributed by atoms with Gasteiger partial charge in [0.1, 0.15) is 0 Å². The number of piperidine rings is 1. The second kappa shape index (κ2) is 8.09. The van der Waals surface area contributed by atoms with Crippen LogP contribution in [0.1, 0.15) is 30.4 Å². The average Bonchev–Trinajstić information content (AvgIpc) is 3.16. The first kappa shape index (κ1) is 20.2. The van der Waals surface area contributed by atoms with E-state index in [9.17, 15) is 13.2 Å². The van der Waals surface area contributed by atoms with Gasteiger partial charge < -0.3 is 4.90 Å². The summed E-state index contributed by atoms with van der Waals surface area (Å²) in [6.07, 6.45) is 4.71. The van der Waals surface area contributed by atoms with Gasteiger partial charge in [-0.15, -0.1) is 0 Å². The molecule has 7 nitrogen and oxygen atoms in total. The number of nitrogens with one attached hydrogen (secondary N) is 1. The summed E-state index contributed by atoms with van der Waals surface area (Å²) in [6.45, 7) is 2.15. The van der Waals surface area contributed by atoms with Crippen LogP contribution in [-0.2, 0) is 27.8 Å². The van der Waals surface area contributed by atoms with Gasteiger partial charge in [0, 0.05) is 37.5 Å². The first-order valence-electron chi connectivity index (χ1n) is 10.8. The summed E-state index contributed by atoms with van der Waals surface area (Å²) >= 11 is 0. The highest BCUT2D eigenvalue weighted by molar-refractivity contribution is 7.89. The lowest BCUT2D eigenvalue weighted by atomic mass is 9.96. The van der Waals surface area contributed by atoms with Crippen molar-refractivity contribution in [3.63, 3.8) is 0 Å². The molecule has 0 bridgehead atoms. The van der Waals surface area contributed by atoms with Gasteiger partial charge in [-0.3, -0.25) is 9.89 Å². The van der Waals surface area contributed by atoms with Gasteiger partial charge in [-0.25, -0.2) is 8.42 Å². The van der Waals surface area contributed by atoms with E-state index in [1.54, 1.807) is 24.4 Å². The number of aromatic nitrogens is 2. The molecule has 0 aliphatic carbocycles. The number of H-pyrrole nitrogens is 1. The van der Waals surface area contributed by atoms with Crippen molar-refractivity contribution in [3.8, 4) is 0 Å². The minimum Gasteiger partial charge on any atom is -0.338 e. The minimum atomic E-state index is -3.58. The van der Waals surface area contributed by atoms with E-state index in [2.05, 4.69) is 28.4 Å². The third-order valence-electron chi connectivity index (χ3n) is 6.52. The van der Waals surface area contributed by atoms with Gasteiger partial charge in [0.05, 0.1) is 16.6 Å². The molecular formula is C23H26N4O3S. The normalized spacial score (nSPS) is 18.6. The van der Waals surface area contributed by atoms with Crippen LogP contribution in [0.4, 0.5) is 0 Å². The summed E-state index contributed by atoms with van der Waals surface area (Å²) in [5.74, 6) is 0.0432. The molecule has 1 N–H and O–H groups in total. The van der Waals surface area contributed by atoms with Crippen molar-refractivity contribution in [1.29, 1.82) is 0 Å². The molecule has 2 aliphatic rings. The van der Waals surface area contributed by atoms with Crippen molar-refractivity contribution in [3.05, 3.63) is 59.8 Å². The van der Waals surface area contributed by atoms with Crippen molar-refractivity contribution in [1.82, 2.24) is 19.4 Å². The second-order valence-corrected chi connectivity index (χ2v) is 10.4. The number of fused-ring (bicyclic) bond motifs is 2. The molecule has 3 aromatic rings. The fourth-order valence-electron chi connectivity index (χ4n) is 4.72.